The number of aryl methyl sites for hydroxylation is 1. The summed E-state index contributed by atoms with van der Waals surface area (Å²) < 4.78 is 0. The van der Waals surface area contributed by atoms with Crippen molar-refractivity contribution in [2.45, 2.75) is 25.3 Å². The normalized spacial score (nSPS) is 16.3. The van der Waals surface area contributed by atoms with Gasteiger partial charge in [-0.15, -0.1) is 0 Å². The Kier molecular flexibility index (Phi) is 5.43. The second-order valence-electron chi connectivity index (χ2n) is 7.50. The number of anilines is 1. The number of nitrogens with one attached hydrogen (secondary N) is 1. The van der Waals surface area contributed by atoms with E-state index in [9.17, 15) is 9.59 Å². The van der Waals surface area contributed by atoms with Gasteiger partial charge in [0.2, 0.25) is 11.8 Å². The molecule has 1 atom stereocenters. The van der Waals surface area contributed by atoms with E-state index in [0.29, 0.717) is 13.0 Å². The number of carbonyl (C=O) groups excluding carboxylic acids is 2. The van der Waals surface area contributed by atoms with Gasteiger partial charge in [0.05, 0.1) is 12.0 Å². The maximum Gasteiger partial charge on any atom is 0.232 e. The molecule has 0 spiro atoms. The lowest BCUT2D eigenvalue weighted by Gasteiger charge is -2.21. The summed E-state index contributed by atoms with van der Waals surface area (Å²) in [6.45, 7) is 2.51. The molecular weight excluding hydrogens is 360 g/mol. The smallest absolute Gasteiger partial charge is 0.232 e. The molecule has 3 aromatic carbocycles. The standard InChI is InChI=1S/C25H24N2O2/c1-18-12-14-22(15-13-18)27-17-21(16-23(27)28)26-25(29)24(19-8-4-2-5-9-19)20-10-6-3-7-11-20/h2-15,21,24H,16-17H2,1H3,(H,26,29)/t21-/m1/s1. The van der Waals surface area contributed by atoms with E-state index in [1.165, 1.54) is 0 Å². The molecule has 4 rings (SSSR count). The van der Waals surface area contributed by atoms with E-state index in [-0.39, 0.29) is 17.9 Å². The molecule has 0 aromatic heterocycles. The molecule has 1 heterocycles. The van der Waals surface area contributed by atoms with Gasteiger partial charge in [0.15, 0.2) is 0 Å². The second kappa shape index (κ2) is 8.31. The second-order valence-corrected chi connectivity index (χ2v) is 7.50. The molecule has 1 saturated heterocycles. The summed E-state index contributed by atoms with van der Waals surface area (Å²) in [6.07, 6.45) is 0.315. The van der Waals surface area contributed by atoms with Crippen LogP contribution < -0.4 is 10.2 Å². The molecule has 1 fully saturated rings. The fraction of sp³-hybridized carbons (Fsp3) is 0.200. The zero-order valence-electron chi connectivity index (χ0n) is 16.4. The molecule has 2 amide bonds. The lowest BCUT2D eigenvalue weighted by Crippen LogP contribution is -2.40. The van der Waals surface area contributed by atoms with Crippen molar-refractivity contribution in [3.8, 4) is 0 Å². The van der Waals surface area contributed by atoms with Gasteiger partial charge in [0, 0.05) is 18.7 Å². The molecule has 0 bridgehead atoms. The minimum atomic E-state index is -0.402. The molecular formula is C25H24N2O2. The number of hydrogen-bond donors (Lipinski definition) is 1. The maximum atomic E-state index is 13.3. The van der Waals surface area contributed by atoms with Crippen LogP contribution in [0.1, 0.15) is 29.0 Å². The van der Waals surface area contributed by atoms with Crippen LogP contribution in [0.15, 0.2) is 84.9 Å². The fourth-order valence-corrected chi connectivity index (χ4v) is 3.85. The summed E-state index contributed by atoms with van der Waals surface area (Å²) in [5, 5.41) is 3.12. The highest BCUT2D eigenvalue weighted by Gasteiger charge is 2.33. The van der Waals surface area contributed by atoms with Gasteiger partial charge < -0.3 is 10.2 Å². The van der Waals surface area contributed by atoms with Crippen molar-refractivity contribution in [3.63, 3.8) is 0 Å². The number of hydrogen-bond acceptors (Lipinski definition) is 2. The third-order valence-corrected chi connectivity index (χ3v) is 5.35. The van der Waals surface area contributed by atoms with Crippen molar-refractivity contribution in [1.29, 1.82) is 0 Å². The van der Waals surface area contributed by atoms with Crippen molar-refractivity contribution < 1.29 is 9.59 Å². The topological polar surface area (TPSA) is 49.4 Å². The summed E-state index contributed by atoms with van der Waals surface area (Å²) in [7, 11) is 0. The van der Waals surface area contributed by atoms with Crippen LogP contribution in [0.3, 0.4) is 0 Å². The van der Waals surface area contributed by atoms with Crippen LogP contribution in [0, 0.1) is 6.92 Å². The zero-order valence-corrected chi connectivity index (χ0v) is 16.4. The lowest BCUT2D eigenvalue weighted by molar-refractivity contribution is -0.122. The number of benzene rings is 3. The zero-order chi connectivity index (χ0) is 20.2. The lowest BCUT2D eigenvalue weighted by atomic mass is 9.90. The Morgan fingerprint density at radius 1 is 0.897 bits per heavy atom. The van der Waals surface area contributed by atoms with E-state index in [2.05, 4.69) is 5.32 Å². The Hall–Kier alpha value is -3.40. The summed E-state index contributed by atoms with van der Waals surface area (Å²) in [5.41, 5.74) is 3.91. The van der Waals surface area contributed by atoms with E-state index >= 15 is 0 Å². The van der Waals surface area contributed by atoms with E-state index in [1.807, 2.05) is 91.9 Å². The number of rotatable bonds is 5. The molecule has 4 heteroatoms. The molecule has 1 aliphatic heterocycles. The molecule has 0 unspecified atom stereocenters. The van der Waals surface area contributed by atoms with Gasteiger partial charge in [-0.25, -0.2) is 0 Å². The third kappa shape index (κ3) is 4.21. The summed E-state index contributed by atoms with van der Waals surface area (Å²) in [5.74, 6) is -0.443. The van der Waals surface area contributed by atoms with Crippen LogP contribution in [0.2, 0.25) is 0 Å². The van der Waals surface area contributed by atoms with Gasteiger partial charge in [0.25, 0.3) is 0 Å². The Labute approximate surface area is 171 Å². The molecule has 146 valence electrons. The SMILES string of the molecule is Cc1ccc(N2C[C@H](NC(=O)C(c3ccccc3)c3ccccc3)CC2=O)cc1. The molecule has 1 aliphatic rings. The molecule has 3 aromatic rings. The van der Waals surface area contributed by atoms with E-state index < -0.39 is 5.92 Å². The summed E-state index contributed by atoms with van der Waals surface area (Å²) in [6, 6.07) is 27.2. The van der Waals surface area contributed by atoms with Crippen LogP contribution in [0.4, 0.5) is 5.69 Å². The number of amides is 2. The van der Waals surface area contributed by atoms with E-state index in [1.54, 1.807) is 4.90 Å². The molecule has 0 aliphatic carbocycles. The first-order valence-corrected chi connectivity index (χ1v) is 9.89. The molecule has 29 heavy (non-hydrogen) atoms. The van der Waals surface area contributed by atoms with Gasteiger partial charge in [0.1, 0.15) is 0 Å². The van der Waals surface area contributed by atoms with Crippen molar-refractivity contribution in [2.75, 3.05) is 11.4 Å². The predicted molar refractivity (Wildman–Crippen MR) is 115 cm³/mol. The van der Waals surface area contributed by atoms with Crippen LogP contribution in [0.5, 0.6) is 0 Å². The van der Waals surface area contributed by atoms with Gasteiger partial charge in [-0.1, -0.05) is 78.4 Å². The Morgan fingerprint density at radius 3 is 2.00 bits per heavy atom. The Morgan fingerprint density at radius 2 is 1.45 bits per heavy atom. The Balaban J connectivity index is 1.52. The first-order valence-electron chi connectivity index (χ1n) is 9.89. The van der Waals surface area contributed by atoms with Crippen LogP contribution in [-0.2, 0) is 9.59 Å². The highest BCUT2D eigenvalue weighted by Crippen LogP contribution is 2.27. The van der Waals surface area contributed by atoms with Crippen molar-refractivity contribution in [3.05, 3.63) is 102 Å². The van der Waals surface area contributed by atoms with Gasteiger partial charge in [-0.2, -0.15) is 0 Å². The highest BCUT2D eigenvalue weighted by atomic mass is 16.2. The van der Waals surface area contributed by atoms with Crippen LogP contribution >= 0.6 is 0 Å². The average molecular weight is 384 g/mol. The average Bonchev–Trinajstić information content (AvgIpc) is 3.10. The molecule has 0 radical (unpaired) electrons. The number of nitrogens with zero attached hydrogens (tertiary/aromatic N) is 1. The summed E-state index contributed by atoms with van der Waals surface area (Å²) >= 11 is 0. The molecule has 4 nitrogen and oxygen atoms in total. The number of carbonyl (C=O) groups is 2. The Bertz CT molecular complexity index is 945. The largest absolute Gasteiger partial charge is 0.350 e. The maximum absolute atomic E-state index is 13.3. The minimum absolute atomic E-state index is 0.0372. The first kappa shape index (κ1) is 18.9. The molecule has 0 saturated carbocycles. The van der Waals surface area contributed by atoms with Gasteiger partial charge in [-0.05, 0) is 30.2 Å². The molecule has 1 N–H and O–H groups in total. The third-order valence-electron chi connectivity index (χ3n) is 5.35. The van der Waals surface area contributed by atoms with Crippen molar-refractivity contribution >= 4 is 17.5 Å². The fourth-order valence-electron chi connectivity index (χ4n) is 3.85. The van der Waals surface area contributed by atoms with Gasteiger partial charge in [-0.3, -0.25) is 9.59 Å². The minimum Gasteiger partial charge on any atom is -0.350 e. The van der Waals surface area contributed by atoms with Crippen molar-refractivity contribution in [1.82, 2.24) is 5.32 Å². The highest BCUT2D eigenvalue weighted by molar-refractivity contribution is 5.97. The van der Waals surface area contributed by atoms with E-state index in [4.69, 9.17) is 0 Å². The first-order chi connectivity index (χ1) is 14.1. The summed E-state index contributed by atoms with van der Waals surface area (Å²) in [4.78, 5) is 27.5. The van der Waals surface area contributed by atoms with Crippen LogP contribution in [0.25, 0.3) is 0 Å². The monoisotopic (exact) mass is 384 g/mol. The van der Waals surface area contributed by atoms with Gasteiger partial charge >= 0.3 is 0 Å². The van der Waals surface area contributed by atoms with Crippen molar-refractivity contribution in [2.24, 2.45) is 0 Å². The van der Waals surface area contributed by atoms with Crippen LogP contribution in [-0.4, -0.2) is 24.4 Å². The van der Waals surface area contributed by atoms with E-state index in [0.717, 1.165) is 22.4 Å². The quantitative estimate of drug-likeness (QED) is 0.722. The predicted octanol–water partition coefficient (Wildman–Crippen LogP) is 4.05.